The quantitative estimate of drug-likeness (QED) is 0.656. The second kappa shape index (κ2) is 9.49. The minimum atomic E-state index is -0.227. The number of aliphatic hydroxyl groups is 2. The van der Waals surface area contributed by atoms with Gasteiger partial charge in [0.25, 0.3) is 0 Å². The number of nitrogens with zero attached hydrogens (tertiary/aromatic N) is 2. The molecule has 1 saturated carbocycles. The first-order chi connectivity index (χ1) is 12.2. The van der Waals surface area contributed by atoms with Crippen LogP contribution in [0.2, 0.25) is 0 Å². The Kier molecular flexibility index (Phi) is 7.34. The largest absolute Gasteiger partial charge is 0.395 e. The number of likely N-dealkylation sites (tertiary alicyclic amines) is 2. The molecule has 2 atom stereocenters. The number of piperidine rings is 2. The Morgan fingerprint density at radius 2 is 1.72 bits per heavy atom. The average molecular weight is 370 g/mol. The highest BCUT2D eigenvalue weighted by molar-refractivity contribution is 7.80. The van der Waals surface area contributed by atoms with E-state index in [-0.39, 0.29) is 18.8 Å². The van der Waals surface area contributed by atoms with Gasteiger partial charge < -0.3 is 20.4 Å². The summed E-state index contributed by atoms with van der Waals surface area (Å²) < 4.78 is 0. The molecule has 2 saturated heterocycles. The predicted molar refractivity (Wildman–Crippen MR) is 105 cm³/mol. The molecule has 0 aromatic carbocycles. The maximum atomic E-state index is 9.94. The third-order valence-corrected chi connectivity index (χ3v) is 6.71. The average Bonchev–Trinajstić information content (AvgIpc) is 2.63. The molecular weight excluding hydrogens is 334 g/mol. The van der Waals surface area contributed by atoms with Crippen LogP contribution in [0.3, 0.4) is 0 Å². The Morgan fingerprint density at radius 3 is 2.40 bits per heavy atom. The molecule has 5 nitrogen and oxygen atoms in total. The van der Waals surface area contributed by atoms with Gasteiger partial charge in [-0.2, -0.15) is 0 Å². The summed E-state index contributed by atoms with van der Waals surface area (Å²) in [6.45, 7) is 3.99. The van der Waals surface area contributed by atoms with Crippen molar-refractivity contribution in [3.8, 4) is 0 Å². The van der Waals surface area contributed by atoms with E-state index in [0.29, 0.717) is 18.5 Å². The summed E-state index contributed by atoms with van der Waals surface area (Å²) in [5.41, 5.74) is 0. The highest BCUT2D eigenvalue weighted by atomic mass is 32.1. The van der Waals surface area contributed by atoms with E-state index < -0.39 is 0 Å². The van der Waals surface area contributed by atoms with Crippen LogP contribution in [0, 0.1) is 5.92 Å². The fourth-order valence-corrected chi connectivity index (χ4v) is 5.02. The molecule has 2 aliphatic heterocycles. The van der Waals surface area contributed by atoms with Gasteiger partial charge in [-0.3, -0.25) is 4.90 Å². The standard InChI is InChI=1S/C19H35N3O2S/c23-14-17-6-7-18(24)13-22(17)12-15-8-10-21(11-9-15)19(25)20-16-4-2-1-3-5-16/h15-18,23-24H,1-14H2,(H,20,25)/t17-,18-/m1/s1. The van der Waals surface area contributed by atoms with Crippen molar-refractivity contribution in [2.24, 2.45) is 5.92 Å². The summed E-state index contributed by atoms with van der Waals surface area (Å²) in [5.74, 6) is 0.646. The number of thiocarbonyl (C=S) groups is 1. The molecule has 144 valence electrons. The molecule has 0 radical (unpaired) electrons. The van der Waals surface area contributed by atoms with Gasteiger partial charge in [-0.1, -0.05) is 19.3 Å². The Bertz CT molecular complexity index is 423. The molecular formula is C19H35N3O2S. The molecule has 3 fully saturated rings. The summed E-state index contributed by atoms with van der Waals surface area (Å²) in [6, 6.07) is 0.814. The number of rotatable bonds is 4. The van der Waals surface area contributed by atoms with E-state index in [2.05, 4.69) is 15.1 Å². The van der Waals surface area contributed by atoms with Crippen LogP contribution in [0.5, 0.6) is 0 Å². The molecule has 3 N–H and O–H groups in total. The lowest BCUT2D eigenvalue weighted by Crippen LogP contribution is -2.52. The van der Waals surface area contributed by atoms with E-state index in [1.165, 1.54) is 32.1 Å². The Hall–Kier alpha value is -0.430. The third-order valence-electron chi connectivity index (χ3n) is 6.33. The Labute approximate surface area is 157 Å². The van der Waals surface area contributed by atoms with E-state index in [4.69, 9.17) is 12.2 Å². The van der Waals surface area contributed by atoms with Gasteiger partial charge in [0.05, 0.1) is 12.7 Å². The van der Waals surface area contributed by atoms with Crippen molar-refractivity contribution in [3.63, 3.8) is 0 Å². The Balaban J connectivity index is 1.41. The topological polar surface area (TPSA) is 59.0 Å². The van der Waals surface area contributed by atoms with E-state index in [1.54, 1.807) is 0 Å². The molecule has 25 heavy (non-hydrogen) atoms. The van der Waals surface area contributed by atoms with Crippen molar-refractivity contribution in [2.45, 2.75) is 76.0 Å². The zero-order chi connectivity index (χ0) is 17.6. The lowest BCUT2D eigenvalue weighted by molar-refractivity contribution is 0.00173. The zero-order valence-electron chi connectivity index (χ0n) is 15.4. The smallest absolute Gasteiger partial charge is 0.169 e. The predicted octanol–water partition coefficient (Wildman–Crippen LogP) is 1.72. The van der Waals surface area contributed by atoms with Crippen molar-refractivity contribution < 1.29 is 10.2 Å². The first-order valence-corrected chi connectivity index (χ1v) is 10.6. The second-order valence-electron chi connectivity index (χ2n) is 8.24. The molecule has 0 bridgehead atoms. The highest BCUT2D eigenvalue weighted by Gasteiger charge is 2.30. The van der Waals surface area contributed by atoms with Crippen LogP contribution in [0.25, 0.3) is 0 Å². The van der Waals surface area contributed by atoms with Crippen LogP contribution in [0.4, 0.5) is 0 Å². The van der Waals surface area contributed by atoms with E-state index in [9.17, 15) is 10.2 Å². The van der Waals surface area contributed by atoms with Gasteiger partial charge in [0.1, 0.15) is 0 Å². The van der Waals surface area contributed by atoms with Crippen LogP contribution in [-0.4, -0.2) is 76.1 Å². The summed E-state index contributed by atoms with van der Waals surface area (Å²) in [5, 5.41) is 24.1. The van der Waals surface area contributed by atoms with Crippen LogP contribution >= 0.6 is 12.2 Å². The van der Waals surface area contributed by atoms with Crippen molar-refractivity contribution in [3.05, 3.63) is 0 Å². The van der Waals surface area contributed by atoms with Crippen molar-refractivity contribution in [1.82, 2.24) is 15.1 Å². The molecule has 3 rings (SSSR count). The molecule has 0 aromatic heterocycles. The molecule has 0 amide bonds. The number of hydrogen-bond acceptors (Lipinski definition) is 4. The molecule has 0 aromatic rings. The number of hydrogen-bond donors (Lipinski definition) is 3. The zero-order valence-corrected chi connectivity index (χ0v) is 16.2. The maximum Gasteiger partial charge on any atom is 0.169 e. The van der Waals surface area contributed by atoms with Gasteiger partial charge >= 0.3 is 0 Å². The van der Waals surface area contributed by atoms with Crippen LogP contribution in [-0.2, 0) is 0 Å². The first-order valence-electron chi connectivity index (χ1n) is 10.2. The monoisotopic (exact) mass is 369 g/mol. The first kappa shape index (κ1) is 19.3. The van der Waals surface area contributed by atoms with E-state index in [1.807, 2.05) is 0 Å². The minimum Gasteiger partial charge on any atom is -0.395 e. The van der Waals surface area contributed by atoms with Gasteiger partial charge in [0, 0.05) is 38.3 Å². The minimum absolute atomic E-state index is 0.209. The Morgan fingerprint density at radius 1 is 1.00 bits per heavy atom. The normalized spacial score (nSPS) is 30.4. The fourth-order valence-electron chi connectivity index (χ4n) is 4.67. The summed E-state index contributed by atoms with van der Waals surface area (Å²) in [4.78, 5) is 4.65. The third kappa shape index (κ3) is 5.52. The molecule has 1 aliphatic carbocycles. The molecule has 3 aliphatic rings. The lowest BCUT2D eigenvalue weighted by Gasteiger charge is -2.41. The molecule has 0 unspecified atom stereocenters. The summed E-state index contributed by atoms with van der Waals surface area (Å²) in [6.07, 6.45) is 10.4. The van der Waals surface area contributed by atoms with Gasteiger partial charge in [-0.05, 0) is 56.7 Å². The molecule has 6 heteroatoms. The molecule has 2 heterocycles. The molecule has 0 spiro atoms. The number of β-amino-alcohol motifs (C(OH)–C–C–N with tert-alkyl or cyclic N) is 1. The van der Waals surface area contributed by atoms with Crippen molar-refractivity contribution in [1.29, 1.82) is 0 Å². The van der Waals surface area contributed by atoms with Gasteiger partial charge in [-0.25, -0.2) is 0 Å². The van der Waals surface area contributed by atoms with Gasteiger partial charge in [0.15, 0.2) is 5.11 Å². The van der Waals surface area contributed by atoms with Crippen LogP contribution in [0.15, 0.2) is 0 Å². The van der Waals surface area contributed by atoms with Gasteiger partial charge in [-0.15, -0.1) is 0 Å². The van der Waals surface area contributed by atoms with E-state index >= 15 is 0 Å². The number of nitrogens with one attached hydrogen (secondary N) is 1. The number of aliphatic hydroxyl groups excluding tert-OH is 2. The van der Waals surface area contributed by atoms with Gasteiger partial charge in [0.2, 0.25) is 0 Å². The SMILES string of the molecule is OC[C@H]1CC[C@@H](O)CN1CC1CCN(C(=S)NC2CCCCC2)CC1. The highest BCUT2D eigenvalue weighted by Crippen LogP contribution is 2.24. The lowest BCUT2D eigenvalue weighted by atomic mass is 9.93. The van der Waals surface area contributed by atoms with Crippen LogP contribution < -0.4 is 5.32 Å². The summed E-state index contributed by atoms with van der Waals surface area (Å²) >= 11 is 5.65. The van der Waals surface area contributed by atoms with Crippen molar-refractivity contribution in [2.75, 3.05) is 32.8 Å². The summed E-state index contributed by atoms with van der Waals surface area (Å²) in [7, 11) is 0. The fraction of sp³-hybridized carbons (Fsp3) is 0.947. The van der Waals surface area contributed by atoms with E-state index in [0.717, 1.165) is 50.4 Å². The second-order valence-corrected chi connectivity index (χ2v) is 8.62. The van der Waals surface area contributed by atoms with Crippen LogP contribution in [0.1, 0.15) is 57.8 Å². The van der Waals surface area contributed by atoms with Crippen molar-refractivity contribution >= 4 is 17.3 Å². The maximum absolute atomic E-state index is 9.94.